The quantitative estimate of drug-likeness (QED) is 0.203. The largest absolute Gasteiger partial charge is 0.491 e. The molecule has 0 fully saturated rings. The SMILES string of the molecule is Cc1cc(C(=O)NCC(O)COc2ccccc2)ccc1-c1cccc(COc2ccc(Cn3oc(=O)[nH]c3=O)cc2)c1. The van der Waals surface area contributed by atoms with Crippen LogP contribution in [0.5, 0.6) is 11.5 Å². The van der Waals surface area contributed by atoms with Crippen LogP contribution in [0.3, 0.4) is 0 Å². The van der Waals surface area contributed by atoms with Crippen molar-refractivity contribution in [1.29, 1.82) is 0 Å². The molecule has 1 heterocycles. The van der Waals surface area contributed by atoms with E-state index in [2.05, 4.69) is 10.3 Å². The number of nitrogens with zero attached hydrogens (tertiary/aromatic N) is 1. The summed E-state index contributed by atoms with van der Waals surface area (Å²) in [5.74, 6) is 0.249. The molecule has 0 aliphatic carbocycles. The van der Waals surface area contributed by atoms with Crippen molar-refractivity contribution >= 4 is 5.91 Å². The molecule has 0 saturated heterocycles. The van der Waals surface area contributed by atoms with Crippen molar-refractivity contribution in [2.24, 2.45) is 0 Å². The molecule has 0 aliphatic heterocycles. The van der Waals surface area contributed by atoms with Gasteiger partial charge in [0.15, 0.2) is 0 Å². The van der Waals surface area contributed by atoms with Crippen molar-refractivity contribution in [3.05, 3.63) is 140 Å². The third-order valence-electron chi connectivity index (χ3n) is 6.69. The van der Waals surface area contributed by atoms with E-state index in [1.54, 1.807) is 42.5 Å². The lowest BCUT2D eigenvalue weighted by molar-refractivity contribution is 0.0843. The van der Waals surface area contributed by atoms with Crippen LogP contribution in [0.25, 0.3) is 11.1 Å². The molecule has 0 saturated carbocycles. The van der Waals surface area contributed by atoms with E-state index in [4.69, 9.17) is 14.0 Å². The Hall–Kier alpha value is -5.35. The number of amides is 1. The number of rotatable bonds is 12. The lowest BCUT2D eigenvalue weighted by atomic mass is 9.97. The summed E-state index contributed by atoms with van der Waals surface area (Å²) in [5, 5.41) is 13.0. The summed E-state index contributed by atoms with van der Waals surface area (Å²) < 4.78 is 17.2. The Morgan fingerprint density at radius 3 is 2.40 bits per heavy atom. The van der Waals surface area contributed by atoms with Crippen LogP contribution in [0.1, 0.15) is 27.0 Å². The third kappa shape index (κ3) is 7.90. The number of aliphatic hydroxyl groups is 1. The Bertz CT molecular complexity index is 1790. The molecule has 0 radical (unpaired) electrons. The first-order valence-corrected chi connectivity index (χ1v) is 13.7. The molecule has 3 N–H and O–H groups in total. The number of hydrogen-bond donors (Lipinski definition) is 3. The lowest BCUT2D eigenvalue weighted by Gasteiger charge is -2.14. The van der Waals surface area contributed by atoms with Gasteiger partial charge in [0, 0.05) is 12.1 Å². The molecule has 4 aromatic carbocycles. The number of ether oxygens (including phenoxy) is 2. The number of aliphatic hydroxyl groups excluding tert-OH is 1. The molecular weight excluding hydrogens is 550 g/mol. The van der Waals surface area contributed by atoms with Crippen molar-refractivity contribution in [3.8, 4) is 22.6 Å². The topological polar surface area (TPSA) is 136 Å². The van der Waals surface area contributed by atoms with Gasteiger partial charge in [0.1, 0.15) is 30.8 Å². The van der Waals surface area contributed by atoms with Crippen LogP contribution in [0.2, 0.25) is 0 Å². The molecule has 1 atom stereocenters. The predicted molar refractivity (Wildman–Crippen MR) is 160 cm³/mol. The van der Waals surface area contributed by atoms with Crippen molar-refractivity contribution in [3.63, 3.8) is 0 Å². The summed E-state index contributed by atoms with van der Waals surface area (Å²) in [6.07, 6.45) is -0.841. The van der Waals surface area contributed by atoms with Gasteiger partial charge in [-0.25, -0.2) is 14.6 Å². The number of hydrogen-bond acceptors (Lipinski definition) is 7. The number of para-hydroxylation sites is 1. The minimum atomic E-state index is -0.841. The maximum Gasteiger partial charge on any atom is 0.440 e. The lowest BCUT2D eigenvalue weighted by Crippen LogP contribution is -2.35. The number of aromatic amines is 1. The molecule has 220 valence electrons. The highest BCUT2D eigenvalue weighted by Crippen LogP contribution is 2.26. The zero-order chi connectivity index (χ0) is 30.2. The molecular formula is C33H31N3O7. The van der Waals surface area contributed by atoms with Gasteiger partial charge in [-0.05, 0) is 77.2 Å². The normalized spacial score (nSPS) is 11.6. The molecule has 10 nitrogen and oxygen atoms in total. The number of aryl methyl sites for hydroxylation is 1. The first-order chi connectivity index (χ1) is 20.8. The van der Waals surface area contributed by atoms with Crippen LogP contribution in [0.4, 0.5) is 0 Å². The molecule has 0 spiro atoms. The Balaban J connectivity index is 1.14. The number of nitrogens with one attached hydrogen (secondary N) is 2. The molecule has 5 aromatic rings. The Labute approximate surface area is 247 Å². The summed E-state index contributed by atoms with van der Waals surface area (Å²) in [6, 6.07) is 29.9. The summed E-state index contributed by atoms with van der Waals surface area (Å²) in [5.41, 5.74) is 4.57. The average Bonchev–Trinajstić information content (AvgIpc) is 3.34. The van der Waals surface area contributed by atoms with Gasteiger partial charge < -0.3 is 24.4 Å². The van der Waals surface area contributed by atoms with Crippen LogP contribution < -0.4 is 26.2 Å². The number of H-pyrrole nitrogens is 1. The van der Waals surface area contributed by atoms with Crippen LogP contribution >= 0.6 is 0 Å². The van der Waals surface area contributed by atoms with E-state index in [1.165, 1.54) is 0 Å². The summed E-state index contributed by atoms with van der Waals surface area (Å²) in [4.78, 5) is 37.6. The summed E-state index contributed by atoms with van der Waals surface area (Å²) >= 11 is 0. The molecule has 1 amide bonds. The van der Waals surface area contributed by atoms with Crippen LogP contribution in [-0.2, 0) is 13.2 Å². The molecule has 5 rings (SSSR count). The molecule has 1 unspecified atom stereocenters. The third-order valence-corrected chi connectivity index (χ3v) is 6.69. The zero-order valence-electron chi connectivity index (χ0n) is 23.5. The van der Waals surface area contributed by atoms with Crippen LogP contribution in [0, 0.1) is 6.92 Å². The molecule has 1 aromatic heterocycles. The summed E-state index contributed by atoms with van der Waals surface area (Å²) in [7, 11) is 0. The van der Waals surface area contributed by atoms with Gasteiger partial charge in [-0.1, -0.05) is 54.6 Å². The molecule has 10 heteroatoms. The fourth-order valence-corrected chi connectivity index (χ4v) is 4.48. The smallest absolute Gasteiger partial charge is 0.440 e. The van der Waals surface area contributed by atoms with Gasteiger partial charge in [-0.15, -0.1) is 4.74 Å². The highest BCUT2D eigenvalue weighted by Gasteiger charge is 2.12. The minimum absolute atomic E-state index is 0.0717. The Morgan fingerprint density at radius 2 is 1.67 bits per heavy atom. The fourth-order valence-electron chi connectivity index (χ4n) is 4.48. The van der Waals surface area contributed by atoms with E-state index in [9.17, 15) is 19.5 Å². The number of carbonyl (C=O) groups is 1. The highest BCUT2D eigenvalue weighted by atomic mass is 16.5. The number of carbonyl (C=O) groups excluding carboxylic acids is 1. The predicted octanol–water partition coefficient (Wildman–Crippen LogP) is 3.90. The average molecular weight is 582 g/mol. The highest BCUT2D eigenvalue weighted by molar-refractivity contribution is 5.95. The van der Waals surface area contributed by atoms with E-state index < -0.39 is 17.5 Å². The monoisotopic (exact) mass is 581 g/mol. The Morgan fingerprint density at radius 1 is 0.907 bits per heavy atom. The van der Waals surface area contributed by atoms with Crippen molar-refractivity contribution < 1.29 is 23.9 Å². The maximum absolute atomic E-state index is 12.7. The van der Waals surface area contributed by atoms with Crippen molar-refractivity contribution in [1.82, 2.24) is 15.0 Å². The van der Waals surface area contributed by atoms with E-state index >= 15 is 0 Å². The fraction of sp³-hybridized carbons (Fsp3) is 0.182. The van der Waals surface area contributed by atoms with Gasteiger partial charge in [0.25, 0.3) is 5.91 Å². The first kappa shape index (κ1) is 29.2. The van der Waals surface area contributed by atoms with Crippen molar-refractivity contribution in [2.45, 2.75) is 26.2 Å². The van der Waals surface area contributed by atoms with E-state index in [0.29, 0.717) is 23.7 Å². The molecule has 0 aliphatic rings. The second-order valence-electron chi connectivity index (χ2n) is 10.00. The second-order valence-corrected chi connectivity index (χ2v) is 10.00. The minimum Gasteiger partial charge on any atom is -0.491 e. The van der Waals surface area contributed by atoms with Crippen molar-refractivity contribution in [2.75, 3.05) is 13.2 Å². The summed E-state index contributed by atoms with van der Waals surface area (Å²) in [6.45, 7) is 2.57. The van der Waals surface area contributed by atoms with Gasteiger partial charge >= 0.3 is 11.4 Å². The van der Waals surface area contributed by atoms with Gasteiger partial charge in [0.05, 0.1) is 6.54 Å². The Kier molecular flexibility index (Phi) is 9.18. The second kappa shape index (κ2) is 13.5. The number of benzene rings is 4. The van der Waals surface area contributed by atoms with Crippen LogP contribution in [0.15, 0.2) is 111 Å². The first-order valence-electron chi connectivity index (χ1n) is 13.7. The zero-order valence-corrected chi connectivity index (χ0v) is 23.5. The molecule has 0 bridgehead atoms. The van der Waals surface area contributed by atoms with E-state index in [-0.39, 0.29) is 25.6 Å². The van der Waals surface area contributed by atoms with E-state index in [0.717, 1.165) is 32.6 Å². The van der Waals surface area contributed by atoms with E-state index in [1.807, 2.05) is 61.5 Å². The number of aromatic nitrogens is 2. The van der Waals surface area contributed by atoms with Gasteiger partial charge in [-0.2, -0.15) is 0 Å². The van der Waals surface area contributed by atoms with Crippen LogP contribution in [-0.4, -0.2) is 40.0 Å². The molecule has 43 heavy (non-hydrogen) atoms. The van der Waals surface area contributed by atoms with Gasteiger partial charge in [0.2, 0.25) is 0 Å². The standard InChI is InChI=1S/C33H31N3O7/c1-22-16-26(31(38)34-18-27(37)21-42-28-8-3-2-4-9-28)12-15-30(22)25-7-5-6-24(17-25)20-41-29-13-10-23(11-14-29)19-36-32(39)35-33(40)43-36/h2-17,27,37H,18-21H2,1H3,(H,34,38)(H,35,39,40). The maximum atomic E-state index is 12.7. The van der Waals surface area contributed by atoms with Gasteiger partial charge in [-0.3, -0.25) is 4.79 Å².